The second-order valence-electron chi connectivity index (χ2n) is 11.4. The molecule has 0 aliphatic heterocycles. The van der Waals surface area contributed by atoms with E-state index >= 15 is 0 Å². The first-order valence-electron chi connectivity index (χ1n) is 15.7. The van der Waals surface area contributed by atoms with Crippen LogP contribution in [-0.2, 0) is 32.6 Å². The minimum Gasteiger partial charge on any atom is -0.493 e. The molecule has 4 aromatic carbocycles. The molecule has 48 heavy (non-hydrogen) atoms. The molecule has 0 bridgehead atoms. The number of rotatable bonds is 16. The minimum atomic E-state index is -4.31. The highest BCUT2D eigenvalue weighted by atomic mass is 79.9. The molecule has 0 unspecified atom stereocenters. The van der Waals surface area contributed by atoms with Gasteiger partial charge in [0.25, 0.3) is 10.0 Å². The van der Waals surface area contributed by atoms with E-state index in [0.717, 1.165) is 38.3 Å². The Hall–Kier alpha value is -4.35. The highest BCUT2D eigenvalue weighted by molar-refractivity contribution is 9.10. The number of carbonyl (C=O) groups excluding carboxylic acids is 2. The number of nitrogens with zero attached hydrogens (tertiary/aromatic N) is 2. The topological polar surface area (TPSA) is 105 Å². The van der Waals surface area contributed by atoms with Gasteiger partial charge in [0.15, 0.2) is 11.5 Å². The average Bonchev–Trinajstić information content (AvgIpc) is 3.09. The number of sulfonamides is 1. The molecular formula is C37H42BrN3O6S. The summed E-state index contributed by atoms with van der Waals surface area (Å²) in [5, 5.41) is 3.01. The van der Waals surface area contributed by atoms with Crippen molar-refractivity contribution in [2.24, 2.45) is 0 Å². The van der Waals surface area contributed by atoms with E-state index in [0.29, 0.717) is 18.0 Å². The number of hydrogen-bond donors (Lipinski definition) is 1. The Morgan fingerprint density at radius 3 is 2.19 bits per heavy atom. The molecule has 4 rings (SSSR count). The Morgan fingerprint density at radius 2 is 1.54 bits per heavy atom. The number of ether oxygens (including phenoxy) is 2. The Kier molecular flexibility index (Phi) is 13.0. The second-order valence-corrected chi connectivity index (χ2v) is 14.1. The first-order chi connectivity index (χ1) is 23.1. The van der Waals surface area contributed by atoms with Crippen molar-refractivity contribution in [2.45, 2.75) is 50.6 Å². The zero-order valence-corrected chi connectivity index (χ0v) is 30.1. The minimum absolute atomic E-state index is 0.0785. The molecule has 0 radical (unpaired) electrons. The highest BCUT2D eigenvalue weighted by Crippen LogP contribution is 2.32. The lowest BCUT2D eigenvalue weighted by Gasteiger charge is -2.34. The molecule has 1 N–H and O–H groups in total. The van der Waals surface area contributed by atoms with Gasteiger partial charge in [-0.2, -0.15) is 0 Å². The summed E-state index contributed by atoms with van der Waals surface area (Å²) in [6.45, 7) is 3.92. The van der Waals surface area contributed by atoms with Gasteiger partial charge in [-0.05, 0) is 60.9 Å². The SMILES string of the molecule is CCCCNC(=O)[C@H](Cc1ccccc1)N(Cc1cccc(Br)c1)C(=O)CN(c1ccc(C)cc1)S(=O)(=O)c1ccc(OC)c(OC)c1. The van der Waals surface area contributed by atoms with Crippen molar-refractivity contribution in [2.75, 3.05) is 31.6 Å². The zero-order valence-electron chi connectivity index (χ0n) is 27.7. The molecule has 0 aliphatic carbocycles. The summed E-state index contributed by atoms with van der Waals surface area (Å²) in [6.07, 6.45) is 1.92. The third kappa shape index (κ3) is 9.38. The maximum absolute atomic E-state index is 14.6. The number of amides is 2. The molecule has 11 heteroatoms. The Balaban J connectivity index is 1.81. The number of methoxy groups -OCH3 is 2. The first-order valence-corrected chi connectivity index (χ1v) is 18.0. The van der Waals surface area contributed by atoms with Gasteiger partial charge in [0.2, 0.25) is 11.8 Å². The van der Waals surface area contributed by atoms with Crippen LogP contribution in [0.1, 0.15) is 36.5 Å². The lowest BCUT2D eigenvalue weighted by Crippen LogP contribution is -2.53. The van der Waals surface area contributed by atoms with Crippen LogP contribution in [0.5, 0.6) is 11.5 Å². The Morgan fingerprint density at radius 1 is 0.854 bits per heavy atom. The lowest BCUT2D eigenvalue weighted by atomic mass is 10.0. The van der Waals surface area contributed by atoms with E-state index in [-0.39, 0.29) is 29.5 Å². The van der Waals surface area contributed by atoms with Crippen LogP contribution in [-0.4, -0.2) is 58.5 Å². The number of halogens is 1. The molecular weight excluding hydrogens is 694 g/mol. The van der Waals surface area contributed by atoms with Crippen LogP contribution in [0.2, 0.25) is 0 Å². The van der Waals surface area contributed by atoms with Gasteiger partial charge in [0, 0.05) is 30.0 Å². The van der Waals surface area contributed by atoms with Gasteiger partial charge in [-0.15, -0.1) is 0 Å². The summed E-state index contributed by atoms with van der Waals surface area (Å²) in [5.41, 5.74) is 2.88. The van der Waals surface area contributed by atoms with Crippen LogP contribution in [0, 0.1) is 6.92 Å². The standard InChI is InChI=1S/C37H42BrN3O6S/c1-5-6-21-39-37(43)33(23-28-11-8-7-9-12-28)40(25-29-13-10-14-30(38)22-29)36(42)26-41(31-17-15-27(2)16-18-31)48(44,45)32-19-20-34(46-3)35(24-32)47-4/h7-20,22,24,33H,5-6,21,23,25-26H2,1-4H3,(H,39,43)/t33-/m0/s1. The number of aryl methyl sites for hydroxylation is 1. The Labute approximate surface area is 292 Å². The molecule has 0 heterocycles. The smallest absolute Gasteiger partial charge is 0.264 e. The molecule has 0 spiro atoms. The third-order valence-corrected chi connectivity index (χ3v) is 10.1. The molecule has 2 amide bonds. The molecule has 254 valence electrons. The van der Waals surface area contributed by atoms with E-state index in [2.05, 4.69) is 21.2 Å². The van der Waals surface area contributed by atoms with Crippen molar-refractivity contribution in [3.05, 3.63) is 118 Å². The van der Waals surface area contributed by atoms with Crippen molar-refractivity contribution in [3.63, 3.8) is 0 Å². The maximum Gasteiger partial charge on any atom is 0.264 e. The average molecular weight is 737 g/mol. The van der Waals surface area contributed by atoms with Crippen LogP contribution in [0.15, 0.2) is 106 Å². The van der Waals surface area contributed by atoms with E-state index in [9.17, 15) is 18.0 Å². The van der Waals surface area contributed by atoms with Gasteiger partial charge in [-0.25, -0.2) is 8.42 Å². The monoisotopic (exact) mass is 735 g/mol. The van der Waals surface area contributed by atoms with Crippen molar-refractivity contribution in [1.29, 1.82) is 0 Å². The van der Waals surface area contributed by atoms with E-state index in [1.807, 2.05) is 68.4 Å². The van der Waals surface area contributed by atoms with Crippen molar-refractivity contribution < 1.29 is 27.5 Å². The number of hydrogen-bond acceptors (Lipinski definition) is 6. The summed E-state index contributed by atoms with van der Waals surface area (Å²) < 4.78 is 41.4. The zero-order chi connectivity index (χ0) is 34.7. The molecule has 0 aliphatic rings. The summed E-state index contributed by atoms with van der Waals surface area (Å²) in [7, 11) is -1.42. The first kappa shape index (κ1) is 36.5. The lowest BCUT2D eigenvalue weighted by molar-refractivity contribution is -0.140. The van der Waals surface area contributed by atoms with Crippen molar-refractivity contribution in [3.8, 4) is 11.5 Å². The van der Waals surface area contributed by atoms with Crippen LogP contribution < -0.4 is 19.1 Å². The molecule has 9 nitrogen and oxygen atoms in total. The Bertz CT molecular complexity index is 1780. The van der Waals surface area contributed by atoms with Crippen molar-refractivity contribution in [1.82, 2.24) is 10.2 Å². The van der Waals surface area contributed by atoms with Crippen LogP contribution in [0.25, 0.3) is 0 Å². The van der Waals surface area contributed by atoms with E-state index < -0.39 is 28.5 Å². The summed E-state index contributed by atoms with van der Waals surface area (Å²) in [6, 6.07) is 27.3. The van der Waals surface area contributed by atoms with Crippen molar-refractivity contribution >= 4 is 43.5 Å². The fourth-order valence-electron chi connectivity index (χ4n) is 5.24. The molecule has 0 saturated carbocycles. The molecule has 0 fully saturated rings. The van der Waals surface area contributed by atoms with Gasteiger partial charge in [-0.3, -0.25) is 13.9 Å². The van der Waals surface area contributed by atoms with Gasteiger partial charge in [0.1, 0.15) is 12.6 Å². The van der Waals surface area contributed by atoms with Gasteiger partial charge in [0.05, 0.1) is 24.8 Å². The van der Waals surface area contributed by atoms with Gasteiger partial charge in [-0.1, -0.05) is 89.4 Å². The van der Waals surface area contributed by atoms with E-state index in [1.165, 1.54) is 37.3 Å². The third-order valence-electron chi connectivity index (χ3n) is 7.89. The summed E-state index contributed by atoms with van der Waals surface area (Å²) in [4.78, 5) is 29.9. The quantitative estimate of drug-likeness (QED) is 0.131. The van der Waals surface area contributed by atoms with Crippen LogP contribution >= 0.6 is 15.9 Å². The number of benzene rings is 4. The molecule has 0 saturated heterocycles. The number of carbonyl (C=O) groups is 2. The number of unbranched alkanes of at least 4 members (excludes halogenated alkanes) is 1. The van der Waals surface area contributed by atoms with Gasteiger partial charge < -0.3 is 19.7 Å². The fourth-order valence-corrected chi connectivity index (χ4v) is 7.11. The largest absolute Gasteiger partial charge is 0.493 e. The highest BCUT2D eigenvalue weighted by Gasteiger charge is 2.35. The van der Waals surface area contributed by atoms with Crippen LogP contribution in [0.3, 0.4) is 0 Å². The predicted octanol–water partition coefficient (Wildman–Crippen LogP) is 6.53. The second kappa shape index (κ2) is 17.2. The summed E-state index contributed by atoms with van der Waals surface area (Å²) >= 11 is 3.51. The maximum atomic E-state index is 14.6. The number of anilines is 1. The molecule has 0 aromatic heterocycles. The van der Waals surface area contributed by atoms with Crippen LogP contribution in [0.4, 0.5) is 5.69 Å². The van der Waals surface area contributed by atoms with E-state index in [1.54, 1.807) is 24.3 Å². The molecule has 4 aromatic rings. The van der Waals surface area contributed by atoms with E-state index in [4.69, 9.17) is 9.47 Å². The molecule has 1 atom stereocenters. The predicted molar refractivity (Wildman–Crippen MR) is 192 cm³/mol. The summed E-state index contributed by atoms with van der Waals surface area (Å²) in [5.74, 6) is -0.240. The normalized spacial score (nSPS) is 11.8. The fraction of sp³-hybridized carbons (Fsp3) is 0.297. The van der Waals surface area contributed by atoms with Gasteiger partial charge >= 0.3 is 0 Å². The number of nitrogens with one attached hydrogen (secondary N) is 1.